The highest BCUT2D eigenvalue weighted by Gasteiger charge is 2.22. The Labute approximate surface area is 228 Å². The van der Waals surface area contributed by atoms with Crippen LogP contribution in [0, 0.1) is 6.92 Å². The second kappa shape index (κ2) is 11.4. The summed E-state index contributed by atoms with van der Waals surface area (Å²) < 4.78 is 5.82. The van der Waals surface area contributed by atoms with Gasteiger partial charge in [-0.2, -0.15) is 0 Å². The summed E-state index contributed by atoms with van der Waals surface area (Å²) in [6, 6.07) is 12.8. The zero-order chi connectivity index (χ0) is 25.9. The van der Waals surface area contributed by atoms with Gasteiger partial charge in [0.25, 0.3) is 0 Å². The van der Waals surface area contributed by atoms with Crippen LogP contribution in [0.5, 0.6) is 5.75 Å². The maximum absolute atomic E-state index is 6.64. The number of thiophene rings is 1. The first-order valence-corrected chi connectivity index (χ1v) is 14.4. The predicted molar refractivity (Wildman–Crippen MR) is 156 cm³/mol. The number of hydrogen-bond donors (Lipinski definition) is 2. The lowest BCUT2D eigenvalue weighted by molar-refractivity contribution is 0.388. The molecule has 1 aliphatic carbocycles. The van der Waals surface area contributed by atoms with Gasteiger partial charge in [-0.3, -0.25) is 0 Å². The number of ether oxygens (including phenoxy) is 1. The summed E-state index contributed by atoms with van der Waals surface area (Å²) in [6.07, 6.45) is 6.31. The monoisotopic (exact) mass is 534 g/mol. The van der Waals surface area contributed by atoms with Crippen molar-refractivity contribution in [3.8, 4) is 16.9 Å². The summed E-state index contributed by atoms with van der Waals surface area (Å²) in [5.41, 5.74) is 5.64. The van der Waals surface area contributed by atoms with Gasteiger partial charge < -0.3 is 15.4 Å². The summed E-state index contributed by atoms with van der Waals surface area (Å²) in [5.74, 6) is 3.09. The highest BCUT2D eigenvalue weighted by molar-refractivity contribution is 7.10. The van der Waals surface area contributed by atoms with E-state index in [9.17, 15) is 0 Å². The first-order chi connectivity index (χ1) is 18.0. The Hall–Kier alpha value is -2.67. The molecule has 37 heavy (non-hydrogen) atoms. The summed E-state index contributed by atoms with van der Waals surface area (Å²) in [7, 11) is 3.72. The molecule has 0 radical (unpaired) electrons. The number of hydrogen-bond acceptors (Lipinski definition) is 6. The molecule has 5 nitrogen and oxygen atoms in total. The molecule has 0 unspecified atom stereocenters. The molecule has 2 heterocycles. The number of aryl methyl sites for hydroxylation is 1. The third kappa shape index (κ3) is 5.47. The van der Waals surface area contributed by atoms with E-state index in [1.807, 2.05) is 26.1 Å². The topological polar surface area (TPSA) is 59.1 Å². The quantitative estimate of drug-likeness (QED) is 0.238. The van der Waals surface area contributed by atoms with Crippen LogP contribution >= 0.6 is 22.9 Å². The van der Waals surface area contributed by atoms with E-state index >= 15 is 0 Å². The predicted octanol–water partition coefficient (Wildman–Crippen LogP) is 8.27. The second-order valence-electron chi connectivity index (χ2n) is 9.97. The van der Waals surface area contributed by atoms with Crippen molar-refractivity contribution in [1.29, 1.82) is 0 Å². The van der Waals surface area contributed by atoms with E-state index in [2.05, 4.69) is 47.2 Å². The molecule has 0 aliphatic heterocycles. The highest BCUT2D eigenvalue weighted by Crippen LogP contribution is 2.41. The van der Waals surface area contributed by atoms with Gasteiger partial charge in [0.1, 0.15) is 17.4 Å². The number of fused-ring (bicyclic) bond motifs is 1. The maximum atomic E-state index is 6.64. The molecule has 0 amide bonds. The number of benzene rings is 2. The Bertz CT molecular complexity index is 1400. The van der Waals surface area contributed by atoms with Crippen LogP contribution in [-0.4, -0.2) is 24.1 Å². The van der Waals surface area contributed by atoms with Crippen molar-refractivity contribution < 1.29 is 4.74 Å². The van der Waals surface area contributed by atoms with Gasteiger partial charge in [-0.15, -0.1) is 11.3 Å². The minimum absolute atomic E-state index is 0.0757. The summed E-state index contributed by atoms with van der Waals surface area (Å²) >= 11 is 8.38. The Morgan fingerprint density at radius 3 is 2.70 bits per heavy atom. The maximum Gasteiger partial charge on any atom is 0.138 e. The van der Waals surface area contributed by atoms with E-state index in [0.717, 1.165) is 51.0 Å². The zero-order valence-corrected chi connectivity index (χ0v) is 23.6. The SMILES string of the molecule is CNCc1cccc(Cl)c1-c1csc([C@@H](C)Nc2nc(C)nc3cc(OC)c(C4CCCCC4)cc23)c1. The molecule has 5 rings (SSSR count). The molecule has 0 saturated heterocycles. The standard InChI is InChI=1S/C30H35ClN4OS/c1-18(28-13-22(17-37-28)29-21(16-32-3)11-8-12-25(29)31)33-30-24-14-23(20-9-6-5-7-10-20)27(36-4)15-26(24)34-19(2)35-30/h8,11-15,17-18,20,32H,5-7,9-10,16H2,1-4H3,(H,33,34,35)/t18-/m1/s1. The van der Waals surface area contributed by atoms with Crippen LogP contribution in [0.2, 0.25) is 5.02 Å². The number of rotatable bonds is 8. The third-order valence-corrected chi connectivity index (χ3v) is 8.79. The van der Waals surface area contributed by atoms with Crippen LogP contribution < -0.4 is 15.4 Å². The minimum Gasteiger partial charge on any atom is -0.496 e. The molecule has 7 heteroatoms. The van der Waals surface area contributed by atoms with E-state index in [1.54, 1.807) is 18.4 Å². The van der Waals surface area contributed by atoms with Gasteiger partial charge in [0, 0.05) is 33.5 Å². The smallest absolute Gasteiger partial charge is 0.138 e. The second-order valence-corrected chi connectivity index (χ2v) is 11.3. The van der Waals surface area contributed by atoms with Crippen molar-refractivity contribution in [3.05, 3.63) is 68.6 Å². The molecule has 0 bridgehead atoms. The Morgan fingerprint density at radius 2 is 1.95 bits per heavy atom. The normalized spacial score (nSPS) is 15.2. The van der Waals surface area contributed by atoms with Crippen LogP contribution in [0.4, 0.5) is 5.82 Å². The van der Waals surface area contributed by atoms with E-state index in [-0.39, 0.29) is 6.04 Å². The van der Waals surface area contributed by atoms with Crippen LogP contribution in [0.25, 0.3) is 22.0 Å². The minimum atomic E-state index is 0.0757. The first-order valence-electron chi connectivity index (χ1n) is 13.1. The van der Waals surface area contributed by atoms with Crippen LogP contribution in [0.3, 0.4) is 0 Å². The lowest BCUT2D eigenvalue weighted by Crippen LogP contribution is -2.10. The molecular weight excluding hydrogens is 500 g/mol. The van der Waals surface area contributed by atoms with Crippen molar-refractivity contribution in [2.45, 2.75) is 64.5 Å². The third-order valence-electron chi connectivity index (χ3n) is 7.36. The molecule has 1 aliphatic rings. The number of nitrogens with zero attached hydrogens (tertiary/aromatic N) is 2. The molecule has 0 spiro atoms. The zero-order valence-electron chi connectivity index (χ0n) is 22.0. The van der Waals surface area contributed by atoms with Gasteiger partial charge in [-0.05, 0) is 79.9 Å². The van der Waals surface area contributed by atoms with Crippen molar-refractivity contribution >= 4 is 39.7 Å². The van der Waals surface area contributed by atoms with Crippen LogP contribution in [0.15, 0.2) is 41.8 Å². The number of halogens is 1. The van der Waals surface area contributed by atoms with E-state index in [4.69, 9.17) is 26.3 Å². The summed E-state index contributed by atoms with van der Waals surface area (Å²) in [6.45, 7) is 4.90. The molecule has 194 valence electrons. The fourth-order valence-corrected chi connectivity index (χ4v) is 6.74. The number of nitrogens with one attached hydrogen (secondary N) is 2. The Kier molecular flexibility index (Phi) is 7.98. The lowest BCUT2D eigenvalue weighted by atomic mass is 9.83. The molecule has 1 fully saturated rings. The van der Waals surface area contributed by atoms with Crippen molar-refractivity contribution in [2.75, 3.05) is 19.5 Å². The van der Waals surface area contributed by atoms with Gasteiger partial charge in [-0.1, -0.05) is 43.0 Å². The molecule has 4 aromatic rings. The average Bonchev–Trinajstić information content (AvgIpc) is 3.38. The van der Waals surface area contributed by atoms with Crippen LogP contribution in [-0.2, 0) is 6.54 Å². The average molecular weight is 535 g/mol. The van der Waals surface area contributed by atoms with Gasteiger partial charge in [0.15, 0.2) is 0 Å². The number of aromatic nitrogens is 2. The van der Waals surface area contributed by atoms with Crippen molar-refractivity contribution in [2.24, 2.45) is 0 Å². The van der Waals surface area contributed by atoms with Gasteiger partial charge in [-0.25, -0.2) is 9.97 Å². The molecule has 1 saturated carbocycles. The van der Waals surface area contributed by atoms with Crippen LogP contribution in [0.1, 0.15) is 72.8 Å². The van der Waals surface area contributed by atoms with Gasteiger partial charge in [0.2, 0.25) is 0 Å². The number of methoxy groups -OCH3 is 1. The first kappa shape index (κ1) is 26.0. The van der Waals surface area contributed by atoms with Gasteiger partial charge in [0.05, 0.1) is 18.7 Å². The van der Waals surface area contributed by atoms with Gasteiger partial charge >= 0.3 is 0 Å². The molecule has 2 aromatic heterocycles. The molecule has 1 atom stereocenters. The number of anilines is 1. The van der Waals surface area contributed by atoms with Crippen molar-refractivity contribution in [1.82, 2.24) is 15.3 Å². The Morgan fingerprint density at radius 1 is 1.14 bits per heavy atom. The fraction of sp³-hybridized carbons (Fsp3) is 0.400. The Balaban J connectivity index is 1.48. The summed E-state index contributed by atoms with van der Waals surface area (Å²) in [5, 5.41) is 11.0. The van der Waals surface area contributed by atoms with E-state index in [1.165, 1.54) is 48.1 Å². The molecule has 2 N–H and O–H groups in total. The highest BCUT2D eigenvalue weighted by atomic mass is 35.5. The molecular formula is C30H35ClN4OS. The van der Waals surface area contributed by atoms with Crippen molar-refractivity contribution in [3.63, 3.8) is 0 Å². The largest absolute Gasteiger partial charge is 0.496 e. The fourth-order valence-electron chi connectivity index (χ4n) is 5.53. The summed E-state index contributed by atoms with van der Waals surface area (Å²) in [4.78, 5) is 10.8. The molecule has 2 aromatic carbocycles. The van der Waals surface area contributed by atoms with E-state index < -0.39 is 0 Å². The van der Waals surface area contributed by atoms with E-state index in [0.29, 0.717) is 5.92 Å². The lowest BCUT2D eigenvalue weighted by Gasteiger charge is -2.24.